The first-order chi connectivity index (χ1) is 26.2. The minimum Gasteiger partial charge on any atom is -0.462 e. The average molecular weight is 800 g/mol. The van der Waals surface area contributed by atoms with Crippen molar-refractivity contribution in [2.75, 3.05) is 0 Å². The Balaban J connectivity index is 0.000000216. The summed E-state index contributed by atoms with van der Waals surface area (Å²) < 4.78 is 74.8. The summed E-state index contributed by atoms with van der Waals surface area (Å²) in [6, 6.07) is 13.1. The number of aliphatic hydroxyl groups excluding tert-OH is 1. The van der Waals surface area contributed by atoms with Crippen LogP contribution in [0.25, 0.3) is 16.9 Å². The number of aryl methyl sites for hydroxylation is 1. The second kappa shape index (κ2) is 17.1. The number of cyclic esters (lactones) is 1. The van der Waals surface area contributed by atoms with Crippen molar-refractivity contribution < 1.29 is 45.8 Å². The molecule has 56 heavy (non-hydrogen) atoms. The quantitative estimate of drug-likeness (QED) is 0.206. The van der Waals surface area contributed by atoms with Gasteiger partial charge in [0.1, 0.15) is 12.2 Å². The molecule has 3 N–H and O–H groups in total. The van der Waals surface area contributed by atoms with Crippen LogP contribution in [0.5, 0.6) is 0 Å². The van der Waals surface area contributed by atoms with Crippen molar-refractivity contribution in [3.05, 3.63) is 89.7 Å². The van der Waals surface area contributed by atoms with E-state index >= 15 is 0 Å². The number of fused-ring (bicyclic) bond motifs is 1. The number of sulfonamides is 1. The lowest BCUT2D eigenvalue weighted by atomic mass is 9.65. The van der Waals surface area contributed by atoms with E-state index < -0.39 is 33.4 Å². The number of rotatable bonds is 9. The van der Waals surface area contributed by atoms with Gasteiger partial charge in [-0.2, -0.15) is 18.3 Å². The molecule has 1 aliphatic heterocycles. The number of carbonyl (C=O) groups is 2. The van der Waals surface area contributed by atoms with Crippen molar-refractivity contribution in [2.45, 2.75) is 109 Å². The van der Waals surface area contributed by atoms with Crippen molar-refractivity contribution in [2.24, 2.45) is 34.2 Å². The molecule has 2 aromatic carbocycles. The Bertz CT molecular complexity index is 2040. The second-order valence-corrected chi connectivity index (χ2v) is 17.5. The van der Waals surface area contributed by atoms with E-state index in [-0.39, 0.29) is 52.8 Å². The van der Waals surface area contributed by atoms with Gasteiger partial charge in [0.15, 0.2) is 5.69 Å². The summed E-state index contributed by atoms with van der Waals surface area (Å²) in [4.78, 5) is 24.4. The fourth-order valence-corrected chi connectivity index (χ4v) is 8.02. The van der Waals surface area contributed by atoms with E-state index in [1.165, 1.54) is 29.8 Å². The highest BCUT2D eigenvalue weighted by Crippen LogP contribution is 2.46. The molecule has 0 radical (unpaired) electrons. The molecule has 3 aromatic rings. The van der Waals surface area contributed by atoms with Crippen LogP contribution in [0.3, 0.4) is 0 Å². The Morgan fingerprint density at radius 3 is 2.30 bits per heavy atom. The Hall–Kier alpha value is -4.27. The maximum absolute atomic E-state index is 13.1. The highest BCUT2D eigenvalue weighted by atomic mass is 32.2. The molecule has 3 aliphatic rings. The van der Waals surface area contributed by atoms with Gasteiger partial charge < -0.3 is 14.6 Å². The second-order valence-electron chi connectivity index (χ2n) is 16.0. The van der Waals surface area contributed by atoms with Crippen molar-refractivity contribution in [1.29, 1.82) is 0 Å². The van der Waals surface area contributed by atoms with Gasteiger partial charge in [0.05, 0.1) is 34.2 Å². The Labute approximate surface area is 327 Å². The lowest BCUT2D eigenvalue weighted by Crippen LogP contribution is -2.43. The Kier molecular flexibility index (Phi) is 13.1. The molecule has 7 atom stereocenters. The summed E-state index contributed by atoms with van der Waals surface area (Å²) in [6.45, 7) is 12.2. The summed E-state index contributed by atoms with van der Waals surface area (Å²) >= 11 is 0. The van der Waals surface area contributed by atoms with Crippen LogP contribution in [-0.4, -0.2) is 53.6 Å². The van der Waals surface area contributed by atoms with E-state index in [1.807, 2.05) is 27.7 Å². The third-order valence-electron chi connectivity index (χ3n) is 11.1. The first kappa shape index (κ1) is 42.9. The molecular weight excluding hydrogens is 748 g/mol. The predicted octanol–water partition coefficient (Wildman–Crippen LogP) is 8.10. The maximum atomic E-state index is 13.1. The van der Waals surface area contributed by atoms with Gasteiger partial charge in [-0.15, -0.1) is 0 Å². The highest BCUT2D eigenvalue weighted by molar-refractivity contribution is 7.89. The summed E-state index contributed by atoms with van der Waals surface area (Å²) in [5.41, 5.74) is 1.78. The number of aromatic nitrogens is 2. The van der Waals surface area contributed by atoms with Crippen LogP contribution in [0, 0.1) is 36.0 Å². The third-order valence-corrected chi connectivity index (χ3v) is 12.0. The number of alkyl halides is 3. The lowest BCUT2D eigenvalue weighted by Gasteiger charge is -2.44. The number of ether oxygens (including phenoxy) is 2. The molecule has 14 heteroatoms. The lowest BCUT2D eigenvalue weighted by molar-refractivity contribution is -0.166. The van der Waals surface area contributed by atoms with Gasteiger partial charge in [0.25, 0.3) is 0 Å². The van der Waals surface area contributed by atoms with Crippen molar-refractivity contribution in [1.82, 2.24) is 9.78 Å². The zero-order valence-corrected chi connectivity index (χ0v) is 33.4. The number of halogens is 3. The molecule has 1 aromatic heterocycles. The molecule has 2 aliphatic carbocycles. The van der Waals surface area contributed by atoms with Crippen molar-refractivity contribution in [3.63, 3.8) is 0 Å². The van der Waals surface area contributed by atoms with Crippen LogP contribution in [-0.2, 0) is 35.3 Å². The van der Waals surface area contributed by atoms with Crippen LogP contribution >= 0.6 is 0 Å². The normalized spacial score (nSPS) is 25.3. The molecule has 0 unspecified atom stereocenters. The number of nitrogens with two attached hydrogens (primary N) is 1. The summed E-state index contributed by atoms with van der Waals surface area (Å²) in [5.74, 6) is 0.776. The van der Waals surface area contributed by atoms with Gasteiger partial charge in [0.2, 0.25) is 10.0 Å². The van der Waals surface area contributed by atoms with Gasteiger partial charge in [-0.05, 0) is 100 Å². The molecule has 10 nitrogen and oxygen atoms in total. The van der Waals surface area contributed by atoms with E-state index in [0.29, 0.717) is 29.7 Å². The van der Waals surface area contributed by atoms with Crippen LogP contribution in [0.2, 0.25) is 0 Å². The van der Waals surface area contributed by atoms with Gasteiger partial charge in [-0.25, -0.2) is 18.2 Å². The molecule has 2 heterocycles. The summed E-state index contributed by atoms with van der Waals surface area (Å²) in [6.07, 6.45) is 5.01. The predicted molar refractivity (Wildman–Crippen MR) is 206 cm³/mol. The standard InChI is InChI=1S/C25H38O5.C17H14F3N3O2S/c1-6-25(4,5)24(28)30-21-12-15(2)11-17-8-7-16(3)20(23(17)21)10-9-19-13-18(26)14-22(27)29-19;1-11-2-4-12(5-3-11)15-10-16(17(18,19)20)22-23(15)13-6-8-14(9-7-13)26(21,24)25/h7-8,11,15-16,18-21,23,26H,6,9-10,12-14H2,1-5H3;2-10H,1H3,(H2,21,24,25)/t15-,16-,18+,19+,20-,21-,23-;/m0./s1. The Morgan fingerprint density at radius 1 is 1.05 bits per heavy atom. The number of benzene rings is 2. The van der Waals surface area contributed by atoms with E-state index in [1.54, 1.807) is 24.3 Å². The van der Waals surface area contributed by atoms with Gasteiger partial charge in [0, 0.05) is 17.9 Å². The number of primary sulfonamides is 1. The van der Waals surface area contributed by atoms with Crippen molar-refractivity contribution in [3.8, 4) is 16.9 Å². The molecule has 304 valence electrons. The third kappa shape index (κ3) is 10.4. The number of nitrogens with zero attached hydrogens (tertiary/aromatic N) is 2. The average Bonchev–Trinajstić information content (AvgIpc) is 3.58. The largest absolute Gasteiger partial charge is 0.462 e. The molecule has 6 rings (SSSR count). The molecule has 0 bridgehead atoms. The van der Waals surface area contributed by atoms with E-state index in [0.717, 1.165) is 42.0 Å². The smallest absolute Gasteiger partial charge is 0.435 e. The number of hydrogen-bond donors (Lipinski definition) is 2. The van der Waals surface area contributed by atoms with E-state index in [4.69, 9.17) is 14.6 Å². The molecule has 1 saturated heterocycles. The number of aliphatic hydroxyl groups is 1. The van der Waals surface area contributed by atoms with Crippen LogP contribution in [0.15, 0.2) is 83.3 Å². The molecule has 1 fully saturated rings. The zero-order valence-electron chi connectivity index (χ0n) is 32.6. The number of hydrogen-bond acceptors (Lipinski definition) is 8. The Morgan fingerprint density at radius 2 is 1.71 bits per heavy atom. The molecule has 0 spiro atoms. The fraction of sp³-hybridized carbons (Fsp3) is 0.500. The first-order valence-corrected chi connectivity index (χ1v) is 20.6. The van der Waals surface area contributed by atoms with Gasteiger partial charge >= 0.3 is 18.1 Å². The SMILES string of the molecule is CCC(C)(C)C(=O)O[C@H]1C[C@@H](C)C=C2C=C[C@H](C)[C@H](CC[C@@H]3C[C@@H](O)CC(=O)O3)[C@H]21.Cc1ccc(-c2cc(C(F)(F)F)nn2-c2ccc(S(N)(=O)=O)cc2)cc1. The summed E-state index contributed by atoms with van der Waals surface area (Å²) in [5, 5.41) is 18.6. The minimum atomic E-state index is -4.61. The molecule has 0 saturated carbocycles. The van der Waals surface area contributed by atoms with Crippen molar-refractivity contribution >= 4 is 22.0 Å². The zero-order chi connectivity index (χ0) is 41.2. The molecular formula is C42H52F3N3O7S. The van der Waals surface area contributed by atoms with Crippen LogP contribution in [0.1, 0.15) is 84.4 Å². The topological polar surface area (TPSA) is 151 Å². The maximum Gasteiger partial charge on any atom is 0.435 e. The van der Waals surface area contributed by atoms with Gasteiger partial charge in [-0.1, -0.05) is 68.8 Å². The highest BCUT2D eigenvalue weighted by Gasteiger charge is 2.43. The minimum absolute atomic E-state index is 0.0949. The van der Waals surface area contributed by atoms with E-state index in [9.17, 15) is 36.3 Å². The fourth-order valence-electron chi connectivity index (χ4n) is 7.50. The molecule has 0 amide bonds. The number of esters is 2. The number of carbonyl (C=O) groups excluding carboxylic acids is 2. The van der Waals surface area contributed by atoms with Crippen LogP contribution < -0.4 is 5.14 Å². The first-order valence-electron chi connectivity index (χ1n) is 19.0. The monoisotopic (exact) mass is 799 g/mol. The van der Waals surface area contributed by atoms with E-state index in [2.05, 4.69) is 37.2 Å². The summed E-state index contributed by atoms with van der Waals surface area (Å²) in [7, 11) is -3.90. The van der Waals surface area contributed by atoms with Gasteiger partial charge in [-0.3, -0.25) is 9.59 Å². The van der Waals surface area contributed by atoms with Crippen LogP contribution in [0.4, 0.5) is 13.2 Å². The number of allylic oxidation sites excluding steroid dienone is 3.